The summed E-state index contributed by atoms with van der Waals surface area (Å²) in [5.41, 5.74) is 1.07. The van der Waals surface area contributed by atoms with E-state index >= 15 is 0 Å². The Hall–Kier alpha value is -1.17. The molecule has 0 aromatic carbocycles. The molecule has 0 aromatic rings. The zero-order chi connectivity index (χ0) is 18.4. The van der Waals surface area contributed by atoms with E-state index < -0.39 is 5.79 Å². The molecule has 3 aliphatic heterocycles. The van der Waals surface area contributed by atoms with Crippen LogP contribution in [0.1, 0.15) is 47.0 Å². The Balaban J connectivity index is 2.01. The summed E-state index contributed by atoms with van der Waals surface area (Å²) in [6.45, 7) is 12.9. The summed E-state index contributed by atoms with van der Waals surface area (Å²) < 4.78 is 24.1. The zero-order valence-electron chi connectivity index (χ0n) is 16.0. The predicted molar refractivity (Wildman–Crippen MR) is 93.9 cm³/mol. The van der Waals surface area contributed by atoms with Gasteiger partial charge in [-0.25, -0.2) is 4.79 Å². The van der Waals surface area contributed by atoms with Crippen LogP contribution in [0.15, 0.2) is 23.8 Å². The molecule has 5 nitrogen and oxygen atoms in total. The predicted octanol–water partition coefficient (Wildman–Crippen LogP) is 3.39. The Kier molecular flexibility index (Phi) is 4.86. The van der Waals surface area contributed by atoms with E-state index in [0.717, 1.165) is 18.4 Å². The van der Waals surface area contributed by atoms with Gasteiger partial charge in [0, 0.05) is 32.1 Å². The van der Waals surface area contributed by atoms with Crippen molar-refractivity contribution in [2.24, 2.45) is 11.8 Å². The van der Waals surface area contributed by atoms with Gasteiger partial charge in [-0.1, -0.05) is 20.4 Å². The van der Waals surface area contributed by atoms with Crippen molar-refractivity contribution in [2.45, 2.75) is 70.6 Å². The number of esters is 1. The molecular weight excluding hydrogens is 320 g/mol. The summed E-state index contributed by atoms with van der Waals surface area (Å²) in [5.74, 6) is -0.856. The van der Waals surface area contributed by atoms with Crippen molar-refractivity contribution in [2.75, 3.05) is 13.7 Å². The van der Waals surface area contributed by atoms with Gasteiger partial charge in [-0.2, -0.15) is 0 Å². The van der Waals surface area contributed by atoms with Crippen LogP contribution >= 0.6 is 0 Å². The molecule has 0 spiro atoms. The Morgan fingerprint density at radius 2 is 2.12 bits per heavy atom. The van der Waals surface area contributed by atoms with Gasteiger partial charge in [0.25, 0.3) is 0 Å². The first kappa shape index (κ1) is 18.6. The topological polar surface area (TPSA) is 54.0 Å². The monoisotopic (exact) mass is 350 g/mol. The summed E-state index contributed by atoms with van der Waals surface area (Å²) in [7, 11) is 1.67. The number of carbonyl (C=O) groups excluding carboxylic acids is 1. The van der Waals surface area contributed by atoms with Crippen molar-refractivity contribution in [3.05, 3.63) is 23.8 Å². The Labute approximate surface area is 150 Å². The molecule has 3 aliphatic rings. The van der Waals surface area contributed by atoms with Gasteiger partial charge < -0.3 is 18.9 Å². The maximum Gasteiger partial charge on any atom is 0.334 e. The molecule has 0 saturated carbocycles. The molecule has 0 N–H and O–H groups in total. The number of rotatable bonds is 4. The van der Waals surface area contributed by atoms with E-state index in [1.807, 2.05) is 13.0 Å². The second-order valence-electron chi connectivity index (χ2n) is 8.25. The number of methoxy groups -OCH3 is 1. The summed E-state index contributed by atoms with van der Waals surface area (Å²) in [6, 6.07) is 0. The average Bonchev–Trinajstić information content (AvgIpc) is 3.03. The summed E-state index contributed by atoms with van der Waals surface area (Å²) in [6.07, 6.45) is 3.76. The van der Waals surface area contributed by atoms with Crippen LogP contribution in [-0.4, -0.2) is 43.3 Å². The fourth-order valence-electron chi connectivity index (χ4n) is 4.24. The van der Waals surface area contributed by atoms with Crippen molar-refractivity contribution in [1.29, 1.82) is 0 Å². The molecule has 0 aromatic heterocycles. The van der Waals surface area contributed by atoms with Gasteiger partial charge in [0.15, 0.2) is 5.79 Å². The highest BCUT2D eigenvalue weighted by atomic mass is 16.7. The van der Waals surface area contributed by atoms with Gasteiger partial charge in [0.05, 0.1) is 17.6 Å². The second-order valence-corrected chi connectivity index (χ2v) is 8.25. The van der Waals surface area contributed by atoms with E-state index in [1.165, 1.54) is 0 Å². The smallest absolute Gasteiger partial charge is 0.334 e. The minimum atomic E-state index is -0.747. The van der Waals surface area contributed by atoms with Crippen molar-refractivity contribution in [3.8, 4) is 0 Å². The number of ether oxygens (including phenoxy) is 4. The molecule has 2 fully saturated rings. The molecule has 25 heavy (non-hydrogen) atoms. The lowest BCUT2D eigenvalue weighted by Crippen LogP contribution is -2.40. The molecule has 5 unspecified atom stereocenters. The maximum absolute atomic E-state index is 12.2. The minimum Gasteiger partial charge on any atom is -0.454 e. The highest BCUT2D eigenvalue weighted by molar-refractivity contribution is 5.91. The first-order chi connectivity index (χ1) is 11.7. The molecule has 140 valence electrons. The number of hydrogen-bond donors (Lipinski definition) is 0. The highest BCUT2D eigenvalue weighted by Gasteiger charge is 2.54. The van der Waals surface area contributed by atoms with Gasteiger partial charge in [0.1, 0.15) is 6.10 Å². The fraction of sp³-hybridized carbons (Fsp3) is 0.750. The molecular formula is C20H30O5. The van der Waals surface area contributed by atoms with Crippen LogP contribution in [-0.2, 0) is 23.7 Å². The highest BCUT2D eigenvalue weighted by Crippen LogP contribution is 2.49. The van der Waals surface area contributed by atoms with E-state index in [0.29, 0.717) is 24.5 Å². The van der Waals surface area contributed by atoms with Crippen molar-refractivity contribution < 1.29 is 23.7 Å². The molecule has 2 saturated heterocycles. The molecule has 3 rings (SSSR count). The molecule has 2 bridgehead atoms. The third-order valence-electron chi connectivity index (χ3n) is 5.68. The van der Waals surface area contributed by atoms with Crippen LogP contribution in [0, 0.1) is 11.8 Å². The van der Waals surface area contributed by atoms with E-state index in [-0.39, 0.29) is 29.7 Å². The number of fused-ring (bicyclic) bond motifs is 3. The van der Waals surface area contributed by atoms with Crippen LogP contribution in [0.4, 0.5) is 0 Å². The third kappa shape index (κ3) is 3.29. The lowest BCUT2D eigenvalue weighted by Gasteiger charge is -2.35. The zero-order valence-corrected chi connectivity index (χ0v) is 16.0. The molecule has 3 heterocycles. The van der Waals surface area contributed by atoms with Crippen LogP contribution in [0.5, 0.6) is 0 Å². The van der Waals surface area contributed by atoms with Crippen molar-refractivity contribution >= 4 is 5.97 Å². The lowest BCUT2D eigenvalue weighted by atomic mass is 9.81. The van der Waals surface area contributed by atoms with Gasteiger partial charge in [-0.05, 0) is 37.8 Å². The average molecular weight is 350 g/mol. The van der Waals surface area contributed by atoms with E-state index in [1.54, 1.807) is 7.11 Å². The summed E-state index contributed by atoms with van der Waals surface area (Å²) in [5, 5.41) is 0. The number of carbonyl (C=O) groups is 1. The van der Waals surface area contributed by atoms with Crippen LogP contribution in [0.3, 0.4) is 0 Å². The summed E-state index contributed by atoms with van der Waals surface area (Å²) in [4.78, 5) is 12.2. The Bertz CT molecular complexity index is 595. The molecule has 0 aliphatic carbocycles. The molecule has 0 radical (unpaired) electrons. The van der Waals surface area contributed by atoms with Crippen molar-refractivity contribution in [1.82, 2.24) is 0 Å². The van der Waals surface area contributed by atoms with Crippen LogP contribution in [0.25, 0.3) is 0 Å². The van der Waals surface area contributed by atoms with Gasteiger partial charge >= 0.3 is 5.97 Å². The SMILES string of the molecule is C=C1C(=O)OC2C=C(C)C3(OC)CCC(C)(CC(OCC(C)C)C12)O3. The van der Waals surface area contributed by atoms with E-state index in [4.69, 9.17) is 18.9 Å². The summed E-state index contributed by atoms with van der Waals surface area (Å²) >= 11 is 0. The lowest BCUT2D eigenvalue weighted by molar-refractivity contribution is -0.218. The first-order valence-electron chi connectivity index (χ1n) is 9.15. The quantitative estimate of drug-likeness (QED) is 0.442. The van der Waals surface area contributed by atoms with Crippen LogP contribution in [0.2, 0.25) is 0 Å². The van der Waals surface area contributed by atoms with Gasteiger partial charge in [-0.3, -0.25) is 0 Å². The molecule has 5 heteroatoms. The van der Waals surface area contributed by atoms with Gasteiger partial charge in [0.2, 0.25) is 0 Å². The maximum atomic E-state index is 12.2. The fourth-order valence-corrected chi connectivity index (χ4v) is 4.24. The van der Waals surface area contributed by atoms with Gasteiger partial charge in [-0.15, -0.1) is 0 Å². The third-order valence-corrected chi connectivity index (χ3v) is 5.68. The standard InChI is InChI=1S/C20H30O5/c1-12(2)11-23-16-10-19(5)7-8-20(22-6,25-19)13(3)9-15-17(16)14(4)18(21)24-15/h9,12,15-17H,4,7-8,10-11H2,1-3,5-6H3. The van der Waals surface area contributed by atoms with E-state index in [2.05, 4.69) is 27.4 Å². The van der Waals surface area contributed by atoms with Crippen LogP contribution < -0.4 is 0 Å². The Morgan fingerprint density at radius 3 is 2.76 bits per heavy atom. The van der Waals surface area contributed by atoms with Crippen molar-refractivity contribution in [3.63, 3.8) is 0 Å². The molecule has 0 amide bonds. The first-order valence-corrected chi connectivity index (χ1v) is 9.15. The second kappa shape index (κ2) is 6.53. The number of hydrogen-bond acceptors (Lipinski definition) is 5. The minimum absolute atomic E-state index is 0.175. The molecule has 5 atom stereocenters. The largest absolute Gasteiger partial charge is 0.454 e. The normalized spacial score (nSPS) is 41.0. The van der Waals surface area contributed by atoms with E-state index in [9.17, 15) is 4.79 Å². The Morgan fingerprint density at radius 1 is 1.40 bits per heavy atom.